The van der Waals surface area contributed by atoms with Crippen molar-refractivity contribution in [2.75, 3.05) is 50.8 Å². The maximum absolute atomic E-state index is 14.2. The lowest BCUT2D eigenvalue weighted by molar-refractivity contribution is -0.907. The van der Waals surface area contributed by atoms with Crippen molar-refractivity contribution >= 4 is 40.6 Å². The van der Waals surface area contributed by atoms with E-state index in [4.69, 9.17) is 16.3 Å². The van der Waals surface area contributed by atoms with Gasteiger partial charge in [-0.2, -0.15) is 0 Å². The Hall–Kier alpha value is -3.20. The Morgan fingerprint density at radius 2 is 1.77 bits per heavy atom. The van der Waals surface area contributed by atoms with E-state index in [1.165, 1.54) is 9.80 Å². The Morgan fingerprint density at radius 3 is 2.46 bits per heavy atom. The van der Waals surface area contributed by atoms with Crippen molar-refractivity contribution in [1.29, 1.82) is 0 Å². The first-order chi connectivity index (χ1) is 16.9. The maximum atomic E-state index is 14.2. The number of morpholine rings is 1. The number of nitrogens with one attached hydrogen (secondary N) is 1. The van der Waals surface area contributed by atoms with Gasteiger partial charge < -0.3 is 24.5 Å². The van der Waals surface area contributed by atoms with Crippen LogP contribution in [0.2, 0.25) is 5.02 Å². The number of ether oxygens (including phenoxy) is 1. The average Bonchev–Trinajstić information content (AvgIpc) is 3.26. The first kappa shape index (κ1) is 23.5. The zero-order valence-electron chi connectivity index (χ0n) is 19.4. The number of benzene rings is 2. The molecule has 0 bridgehead atoms. The van der Waals surface area contributed by atoms with Gasteiger partial charge in [0.25, 0.3) is 17.6 Å². The molecular weight excluding hydrogens is 470 g/mol. The van der Waals surface area contributed by atoms with Gasteiger partial charge in [0, 0.05) is 22.7 Å². The molecule has 8 nitrogen and oxygen atoms in total. The molecule has 3 heterocycles. The molecule has 2 saturated heterocycles. The first-order valence-corrected chi connectivity index (χ1v) is 12.2. The third kappa shape index (κ3) is 3.55. The van der Waals surface area contributed by atoms with Gasteiger partial charge in [-0.1, -0.05) is 29.8 Å². The second kappa shape index (κ2) is 9.11. The third-order valence-corrected chi connectivity index (χ3v) is 7.38. The Bertz CT molecular complexity index is 1220. The molecule has 0 aromatic heterocycles. The van der Waals surface area contributed by atoms with Gasteiger partial charge in [-0.15, -0.1) is 0 Å². The molecule has 0 saturated carbocycles. The number of anilines is 1. The fraction of sp³-hybridized carbons (Fsp3) is 0.346. The lowest BCUT2D eigenvalue weighted by Gasteiger charge is -2.35. The van der Waals surface area contributed by atoms with Crippen LogP contribution in [0, 0.1) is 0 Å². The Labute approximate surface area is 208 Å². The molecule has 1 atom stereocenters. The van der Waals surface area contributed by atoms with Gasteiger partial charge in [0.05, 0.1) is 37.6 Å². The number of fused-ring (bicyclic) bond motifs is 2. The second-order valence-corrected chi connectivity index (χ2v) is 9.34. The Kier molecular flexibility index (Phi) is 6.13. The molecule has 182 valence electrons. The quantitative estimate of drug-likeness (QED) is 0.369. The number of amides is 2. The van der Waals surface area contributed by atoms with E-state index >= 15 is 0 Å². The molecule has 2 aromatic rings. The lowest BCUT2D eigenvalue weighted by Crippen LogP contribution is -3.14. The number of carbonyl (C=O) groups excluding carboxylic acids is 3. The number of halogens is 1. The van der Waals surface area contributed by atoms with E-state index in [1.54, 1.807) is 47.4 Å². The Morgan fingerprint density at radius 1 is 1.09 bits per heavy atom. The molecule has 3 aliphatic heterocycles. The molecule has 2 amide bonds. The normalized spacial score (nSPS) is 24.0. The van der Waals surface area contributed by atoms with Crippen molar-refractivity contribution in [3.05, 3.63) is 70.3 Å². The number of aliphatic hydroxyl groups is 1. The zero-order chi connectivity index (χ0) is 24.7. The van der Waals surface area contributed by atoms with Crippen LogP contribution in [-0.4, -0.2) is 73.5 Å². The van der Waals surface area contributed by atoms with Crippen LogP contribution >= 0.6 is 11.6 Å². The van der Waals surface area contributed by atoms with E-state index in [9.17, 15) is 19.5 Å². The van der Waals surface area contributed by atoms with E-state index in [-0.39, 0.29) is 17.9 Å². The van der Waals surface area contributed by atoms with Crippen molar-refractivity contribution in [1.82, 2.24) is 4.90 Å². The second-order valence-electron chi connectivity index (χ2n) is 8.91. The number of rotatable bonds is 5. The van der Waals surface area contributed by atoms with Crippen LogP contribution in [0.4, 0.5) is 5.69 Å². The number of ketones is 1. The smallest absolute Gasteiger partial charge is 0.296 e. The largest absolute Gasteiger partial charge is 0.507 e. The first-order valence-electron chi connectivity index (χ1n) is 11.8. The molecule has 5 rings (SSSR count). The van der Waals surface area contributed by atoms with Crippen LogP contribution in [0.25, 0.3) is 5.76 Å². The lowest BCUT2D eigenvalue weighted by atomic mass is 9.82. The molecule has 2 N–H and O–H groups in total. The summed E-state index contributed by atoms with van der Waals surface area (Å²) in [5.74, 6) is -2.44. The molecule has 2 aromatic carbocycles. The highest BCUT2D eigenvalue weighted by molar-refractivity contribution is 6.50. The Balaban J connectivity index is 1.70. The van der Waals surface area contributed by atoms with Gasteiger partial charge in [-0.3, -0.25) is 14.4 Å². The summed E-state index contributed by atoms with van der Waals surface area (Å²) < 4.78 is 5.43. The number of aliphatic hydroxyl groups excluding tert-OH is 1. The van der Waals surface area contributed by atoms with Crippen molar-refractivity contribution in [2.45, 2.75) is 12.5 Å². The number of para-hydroxylation sites is 1. The van der Waals surface area contributed by atoms with Gasteiger partial charge in [0.1, 0.15) is 18.8 Å². The molecule has 0 radical (unpaired) electrons. The number of likely N-dealkylation sites (N-methyl/N-ethyl adjacent to an activating group) is 1. The summed E-state index contributed by atoms with van der Waals surface area (Å²) >= 11 is 6.02. The molecule has 3 aliphatic rings. The third-order valence-electron chi connectivity index (χ3n) is 7.13. The molecule has 0 aliphatic carbocycles. The van der Waals surface area contributed by atoms with Crippen LogP contribution in [0.5, 0.6) is 0 Å². The van der Waals surface area contributed by atoms with Crippen LogP contribution < -0.4 is 9.80 Å². The summed E-state index contributed by atoms with van der Waals surface area (Å²) in [5, 5.41) is 11.9. The van der Waals surface area contributed by atoms with Gasteiger partial charge in [-0.05, 0) is 37.3 Å². The summed E-state index contributed by atoms with van der Waals surface area (Å²) in [6.45, 7) is 5.77. The van der Waals surface area contributed by atoms with E-state index < -0.39 is 23.1 Å². The standard InChI is InChI=1S/C26H26ClN3O5/c1-2-29-20-6-4-3-5-19(20)26(25(29)34)21(22(31)17-7-9-18(27)10-8-17)23(32)24(33)30(26)12-11-28-13-15-35-16-14-28/h3-10,31H,2,11-16H2,1H3/p+1. The maximum Gasteiger partial charge on any atom is 0.296 e. The highest BCUT2D eigenvalue weighted by Crippen LogP contribution is 2.53. The predicted molar refractivity (Wildman–Crippen MR) is 130 cm³/mol. The topological polar surface area (TPSA) is 91.6 Å². The van der Waals surface area contributed by atoms with Gasteiger partial charge in [0.2, 0.25) is 0 Å². The SMILES string of the molecule is CCN1C(=O)C2(C(=C(O)c3ccc(Cl)cc3)C(=O)C(=O)N2CC[NH+]2CCOCC2)c2ccccc21. The summed E-state index contributed by atoms with van der Waals surface area (Å²) in [4.78, 5) is 45.4. The molecule has 9 heteroatoms. The highest BCUT2D eigenvalue weighted by atomic mass is 35.5. The number of nitrogens with zero attached hydrogens (tertiary/aromatic N) is 2. The van der Waals surface area contributed by atoms with E-state index in [0.29, 0.717) is 48.1 Å². The van der Waals surface area contributed by atoms with Crippen molar-refractivity contribution in [2.24, 2.45) is 0 Å². The molecular formula is C26H27ClN3O5+. The number of quaternary nitrogens is 1. The number of hydrogen-bond donors (Lipinski definition) is 2. The fourth-order valence-electron chi connectivity index (χ4n) is 5.41. The van der Waals surface area contributed by atoms with Crippen LogP contribution in [0.1, 0.15) is 18.1 Å². The summed E-state index contributed by atoms with van der Waals surface area (Å²) in [6.07, 6.45) is 0. The highest BCUT2D eigenvalue weighted by Gasteiger charge is 2.67. The minimum atomic E-state index is -1.73. The van der Waals surface area contributed by atoms with Gasteiger partial charge >= 0.3 is 0 Å². The van der Waals surface area contributed by atoms with E-state index in [2.05, 4.69) is 0 Å². The van der Waals surface area contributed by atoms with Crippen molar-refractivity contribution in [3.63, 3.8) is 0 Å². The summed E-state index contributed by atoms with van der Waals surface area (Å²) in [7, 11) is 0. The fourth-order valence-corrected chi connectivity index (χ4v) is 5.54. The number of Topliss-reactive ketones (excluding diaryl/α,β-unsaturated/α-hetero) is 1. The molecule has 2 fully saturated rings. The van der Waals surface area contributed by atoms with Crippen LogP contribution in [-0.2, 0) is 24.7 Å². The molecule has 1 unspecified atom stereocenters. The van der Waals surface area contributed by atoms with Crippen LogP contribution in [0.3, 0.4) is 0 Å². The van der Waals surface area contributed by atoms with Gasteiger partial charge in [0.15, 0.2) is 5.54 Å². The number of carbonyl (C=O) groups is 3. The predicted octanol–water partition coefficient (Wildman–Crippen LogP) is 1.20. The van der Waals surface area contributed by atoms with E-state index in [1.807, 2.05) is 13.0 Å². The zero-order valence-corrected chi connectivity index (χ0v) is 20.2. The van der Waals surface area contributed by atoms with Gasteiger partial charge in [-0.25, -0.2) is 0 Å². The monoisotopic (exact) mass is 496 g/mol. The average molecular weight is 497 g/mol. The van der Waals surface area contributed by atoms with E-state index in [0.717, 1.165) is 13.1 Å². The van der Waals surface area contributed by atoms with Crippen molar-refractivity contribution in [3.8, 4) is 0 Å². The molecule has 35 heavy (non-hydrogen) atoms. The summed E-state index contributed by atoms with van der Waals surface area (Å²) in [5.41, 5.74) is -0.455. The van der Waals surface area contributed by atoms with Crippen molar-refractivity contribution < 1.29 is 29.1 Å². The molecule has 1 spiro atoms. The number of hydrogen-bond acceptors (Lipinski definition) is 5. The van der Waals surface area contributed by atoms with Crippen LogP contribution in [0.15, 0.2) is 54.1 Å². The summed E-state index contributed by atoms with van der Waals surface area (Å²) in [6, 6.07) is 13.5. The minimum absolute atomic E-state index is 0.189. The minimum Gasteiger partial charge on any atom is -0.507 e. The number of likely N-dealkylation sites (tertiary alicyclic amines) is 1.